The predicted molar refractivity (Wildman–Crippen MR) is 82.0 cm³/mol. The Morgan fingerprint density at radius 3 is 2.35 bits per heavy atom. The lowest BCUT2D eigenvalue weighted by Crippen LogP contribution is -2.31. The molecule has 20 heavy (non-hydrogen) atoms. The number of carbonyl (C=O) groups excluding carboxylic acids is 2. The average Bonchev–Trinajstić information content (AvgIpc) is 2.37. The first-order valence-electron chi connectivity index (χ1n) is 6.73. The van der Waals surface area contributed by atoms with Crippen LogP contribution in [0.3, 0.4) is 0 Å². The fourth-order valence-electron chi connectivity index (χ4n) is 1.74. The molecule has 4 heteroatoms. The summed E-state index contributed by atoms with van der Waals surface area (Å²) in [5.41, 5.74) is 2.02. The molecule has 108 valence electrons. The molecule has 0 spiro atoms. The van der Waals surface area contributed by atoms with E-state index in [9.17, 15) is 9.59 Å². The topological polar surface area (TPSA) is 58.2 Å². The summed E-state index contributed by atoms with van der Waals surface area (Å²) in [7, 11) is 0. The molecule has 0 bridgehead atoms. The highest BCUT2D eigenvalue weighted by molar-refractivity contribution is 6.06. The van der Waals surface area contributed by atoms with E-state index < -0.39 is 0 Å². The van der Waals surface area contributed by atoms with Crippen molar-refractivity contribution in [1.82, 2.24) is 5.32 Å². The molecule has 0 aliphatic heterocycles. The minimum atomic E-state index is -0.333. The summed E-state index contributed by atoms with van der Waals surface area (Å²) in [5.74, 6) is -0.215. The Morgan fingerprint density at radius 2 is 1.85 bits per heavy atom. The van der Waals surface area contributed by atoms with E-state index in [1.54, 1.807) is 6.07 Å². The largest absolute Gasteiger partial charge is 0.350 e. The van der Waals surface area contributed by atoms with Crippen molar-refractivity contribution in [2.75, 3.05) is 5.32 Å². The van der Waals surface area contributed by atoms with Crippen LogP contribution in [0.1, 0.15) is 49.5 Å². The molecule has 0 aromatic heterocycles. The molecule has 2 amide bonds. The lowest BCUT2D eigenvalue weighted by molar-refractivity contribution is -0.111. The first kappa shape index (κ1) is 16.0. The van der Waals surface area contributed by atoms with Crippen molar-refractivity contribution in [1.29, 1.82) is 0 Å². The van der Waals surface area contributed by atoms with Crippen molar-refractivity contribution in [3.8, 4) is 0 Å². The monoisotopic (exact) mass is 274 g/mol. The van der Waals surface area contributed by atoms with Crippen molar-refractivity contribution in [2.24, 2.45) is 0 Å². The molecule has 1 aromatic rings. The van der Waals surface area contributed by atoms with Gasteiger partial charge in [-0.3, -0.25) is 9.59 Å². The Morgan fingerprint density at radius 1 is 1.20 bits per heavy atom. The van der Waals surface area contributed by atoms with Crippen LogP contribution >= 0.6 is 0 Å². The number of nitrogens with one attached hydrogen (secondary N) is 2. The Balaban J connectivity index is 3.18. The van der Waals surface area contributed by atoms with Gasteiger partial charge in [-0.1, -0.05) is 26.5 Å². The lowest BCUT2D eigenvalue weighted by Gasteiger charge is -2.15. The van der Waals surface area contributed by atoms with Gasteiger partial charge in [0.2, 0.25) is 5.91 Å². The van der Waals surface area contributed by atoms with E-state index >= 15 is 0 Å². The maximum atomic E-state index is 12.2. The van der Waals surface area contributed by atoms with Gasteiger partial charge in [-0.25, -0.2) is 0 Å². The molecule has 2 N–H and O–H groups in total. The molecular formula is C16H22N2O2. The normalized spacial score (nSPS) is 10.5. The highest BCUT2D eigenvalue weighted by Crippen LogP contribution is 2.22. The Kier molecular flexibility index (Phi) is 5.50. The van der Waals surface area contributed by atoms with Crippen LogP contribution in [0.4, 0.5) is 5.69 Å². The van der Waals surface area contributed by atoms with Crippen LogP contribution in [-0.2, 0) is 4.79 Å². The molecule has 4 nitrogen and oxygen atoms in total. The van der Waals surface area contributed by atoms with Gasteiger partial charge >= 0.3 is 0 Å². The van der Waals surface area contributed by atoms with E-state index in [4.69, 9.17) is 0 Å². The smallest absolute Gasteiger partial charge is 0.253 e. The first-order chi connectivity index (χ1) is 9.35. The second kappa shape index (κ2) is 6.89. The number of rotatable bonds is 5. The molecule has 0 fully saturated rings. The van der Waals surface area contributed by atoms with Gasteiger partial charge in [0.25, 0.3) is 5.91 Å². The van der Waals surface area contributed by atoms with Crippen LogP contribution in [0.25, 0.3) is 0 Å². The Labute approximate surface area is 120 Å². The van der Waals surface area contributed by atoms with Gasteiger partial charge in [-0.15, -0.1) is 0 Å². The van der Waals surface area contributed by atoms with Crippen LogP contribution < -0.4 is 10.6 Å². The number of benzene rings is 1. The predicted octanol–water partition coefficient (Wildman–Crippen LogP) is 3.07. The van der Waals surface area contributed by atoms with Crippen LogP contribution in [0.5, 0.6) is 0 Å². The number of hydrogen-bond acceptors (Lipinski definition) is 2. The maximum Gasteiger partial charge on any atom is 0.253 e. The maximum absolute atomic E-state index is 12.2. The molecule has 0 saturated heterocycles. The van der Waals surface area contributed by atoms with Gasteiger partial charge in [-0.05, 0) is 43.5 Å². The number of anilines is 1. The van der Waals surface area contributed by atoms with Crippen LogP contribution in [-0.4, -0.2) is 17.9 Å². The van der Waals surface area contributed by atoms with Crippen LogP contribution in [0.2, 0.25) is 0 Å². The van der Waals surface area contributed by atoms with Crippen molar-refractivity contribution >= 4 is 17.5 Å². The second-order valence-corrected chi connectivity index (χ2v) is 5.28. The molecule has 0 atom stereocenters. The first-order valence-corrected chi connectivity index (χ1v) is 6.73. The third kappa shape index (κ3) is 4.23. The summed E-state index contributed by atoms with van der Waals surface area (Å²) in [4.78, 5) is 23.7. The lowest BCUT2D eigenvalue weighted by atomic mass is 9.99. The summed E-state index contributed by atoms with van der Waals surface area (Å²) >= 11 is 0. The van der Waals surface area contributed by atoms with Gasteiger partial charge in [0.15, 0.2) is 0 Å². The van der Waals surface area contributed by atoms with E-state index in [-0.39, 0.29) is 17.9 Å². The zero-order chi connectivity index (χ0) is 15.3. The molecule has 0 unspecified atom stereocenters. The van der Waals surface area contributed by atoms with Crippen molar-refractivity contribution in [3.05, 3.63) is 42.0 Å². The SMILES string of the molecule is C=CC(=O)Nc1ccc(C(C)C)cc1C(=O)NC(C)C. The Bertz CT molecular complexity index is 519. The highest BCUT2D eigenvalue weighted by Gasteiger charge is 2.15. The average molecular weight is 274 g/mol. The molecule has 1 aromatic carbocycles. The third-order valence-corrected chi connectivity index (χ3v) is 2.82. The fraction of sp³-hybridized carbons (Fsp3) is 0.375. The standard InChI is InChI=1S/C16H22N2O2/c1-6-15(19)18-14-8-7-12(10(2)3)9-13(14)16(20)17-11(4)5/h6-11H,1H2,2-5H3,(H,17,20)(H,18,19). The zero-order valence-electron chi connectivity index (χ0n) is 12.5. The molecule has 0 aliphatic carbocycles. The zero-order valence-corrected chi connectivity index (χ0v) is 12.5. The van der Waals surface area contributed by atoms with E-state index in [0.29, 0.717) is 17.2 Å². The van der Waals surface area contributed by atoms with E-state index in [2.05, 4.69) is 31.1 Å². The summed E-state index contributed by atoms with van der Waals surface area (Å²) in [6.07, 6.45) is 1.18. The molecule has 0 radical (unpaired) electrons. The summed E-state index contributed by atoms with van der Waals surface area (Å²) < 4.78 is 0. The van der Waals surface area contributed by atoms with Gasteiger partial charge in [0.1, 0.15) is 0 Å². The van der Waals surface area contributed by atoms with Crippen molar-refractivity contribution in [3.63, 3.8) is 0 Å². The van der Waals surface area contributed by atoms with E-state index in [0.717, 1.165) is 5.56 Å². The van der Waals surface area contributed by atoms with Crippen LogP contribution in [0, 0.1) is 0 Å². The van der Waals surface area contributed by atoms with Crippen molar-refractivity contribution in [2.45, 2.75) is 39.7 Å². The van der Waals surface area contributed by atoms with Crippen molar-refractivity contribution < 1.29 is 9.59 Å². The molecule has 0 heterocycles. The molecule has 0 saturated carbocycles. The second-order valence-electron chi connectivity index (χ2n) is 5.28. The van der Waals surface area contributed by atoms with Gasteiger partial charge in [0.05, 0.1) is 11.3 Å². The number of hydrogen-bond donors (Lipinski definition) is 2. The highest BCUT2D eigenvalue weighted by atomic mass is 16.2. The van der Waals surface area contributed by atoms with Gasteiger partial charge in [-0.2, -0.15) is 0 Å². The summed E-state index contributed by atoms with van der Waals surface area (Å²) in [6, 6.07) is 5.52. The van der Waals surface area contributed by atoms with Gasteiger partial charge < -0.3 is 10.6 Å². The third-order valence-electron chi connectivity index (χ3n) is 2.82. The minimum Gasteiger partial charge on any atom is -0.350 e. The number of amides is 2. The fourth-order valence-corrected chi connectivity index (χ4v) is 1.74. The minimum absolute atomic E-state index is 0.0353. The van der Waals surface area contributed by atoms with Gasteiger partial charge in [0, 0.05) is 6.04 Å². The Hall–Kier alpha value is -2.10. The van der Waals surface area contributed by atoms with E-state index in [1.165, 1.54) is 6.08 Å². The van der Waals surface area contributed by atoms with E-state index in [1.807, 2.05) is 26.0 Å². The summed E-state index contributed by atoms with van der Waals surface area (Å²) in [6.45, 7) is 11.3. The number of carbonyl (C=O) groups is 2. The quantitative estimate of drug-likeness (QED) is 0.811. The molecule has 0 aliphatic rings. The molecular weight excluding hydrogens is 252 g/mol. The van der Waals surface area contributed by atoms with Crippen LogP contribution in [0.15, 0.2) is 30.9 Å². The summed E-state index contributed by atoms with van der Waals surface area (Å²) in [5, 5.41) is 5.50. The molecule has 1 rings (SSSR count).